The maximum absolute atomic E-state index is 12.1. The average molecular weight is 296 g/mol. The summed E-state index contributed by atoms with van der Waals surface area (Å²) in [4.78, 5) is 12.1. The van der Waals surface area contributed by atoms with Crippen molar-refractivity contribution in [1.29, 1.82) is 5.26 Å². The van der Waals surface area contributed by atoms with Crippen LogP contribution in [0, 0.1) is 11.3 Å². The molecule has 1 aliphatic carbocycles. The number of Topliss-reactive ketones (excluding diaryl/α,β-unsaturated/α-hetero) is 1. The Morgan fingerprint density at radius 3 is 2.86 bits per heavy atom. The second kappa shape index (κ2) is 6.23. The van der Waals surface area contributed by atoms with Crippen molar-refractivity contribution in [3.05, 3.63) is 35.4 Å². The Balaban J connectivity index is 1.95. The highest BCUT2D eigenvalue weighted by molar-refractivity contribution is 5.93. The smallest absolute Gasteiger partial charge is 0.158 e. The van der Waals surface area contributed by atoms with E-state index >= 15 is 0 Å². The van der Waals surface area contributed by atoms with Crippen LogP contribution in [0.25, 0.3) is 5.76 Å². The molecular formula is C18H20N2O2. The molecule has 4 nitrogen and oxygen atoms in total. The van der Waals surface area contributed by atoms with Crippen LogP contribution < -0.4 is 5.32 Å². The number of nitrogens with one attached hydrogen (secondary N) is 1. The van der Waals surface area contributed by atoms with Crippen LogP contribution >= 0.6 is 0 Å². The van der Waals surface area contributed by atoms with E-state index in [1.165, 1.54) is 12.8 Å². The first-order valence-corrected chi connectivity index (χ1v) is 7.93. The van der Waals surface area contributed by atoms with Gasteiger partial charge in [0.1, 0.15) is 11.8 Å². The van der Waals surface area contributed by atoms with Gasteiger partial charge in [0.25, 0.3) is 0 Å². The van der Waals surface area contributed by atoms with Gasteiger partial charge in [-0.25, -0.2) is 0 Å². The molecule has 1 aliphatic heterocycles. The van der Waals surface area contributed by atoms with E-state index < -0.39 is 0 Å². The van der Waals surface area contributed by atoms with Crippen molar-refractivity contribution in [2.24, 2.45) is 0 Å². The van der Waals surface area contributed by atoms with Gasteiger partial charge in [0.15, 0.2) is 5.78 Å². The zero-order valence-corrected chi connectivity index (χ0v) is 12.8. The van der Waals surface area contributed by atoms with E-state index in [-0.39, 0.29) is 17.9 Å². The fourth-order valence-electron chi connectivity index (χ4n) is 3.08. The molecule has 1 heterocycles. The number of benzene rings is 1. The summed E-state index contributed by atoms with van der Waals surface area (Å²) in [6.07, 6.45) is 7.08. The first-order chi connectivity index (χ1) is 10.7. The molecular weight excluding hydrogens is 276 g/mol. The normalized spacial score (nSPS) is 20.5. The van der Waals surface area contributed by atoms with E-state index in [4.69, 9.17) is 10.00 Å². The lowest BCUT2D eigenvalue weighted by Crippen LogP contribution is -2.31. The number of fused-ring (bicyclic) bond motifs is 1. The topological polar surface area (TPSA) is 62.1 Å². The van der Waals surface area contributed by atoms with Gasteiger partial charge in [-0.15, -0.1) is 0 Å². The number of carbonyl (C=O) groups excluding carboxylic acids is 1. The van der Waals surface area contributed by atoms with Gasteiger partial charge < -0.3 is 10.1 Å². The zero-order valence-electron chi connectivity index (χ0n) is 12.8. The monoisotopic (exact) mass is 296 g/mol. The molecule has 4 heteroatoms. The number of nitrogens with zero attached hydrogens (tertiary/aromatic N) is 1. The third-order valence-corrected chi connectivity index (χ3v) is 4.33. The molecule has 114 valence electrons. The van der Waals surface area contributed by atoms with Gasteiger partial charge in [-0.05, 0) is 50.0 Å². The first kappa shape index (κ1) is 14.6. The second-order valence-electron chi connectivity index (χ2n) is 5.87. The minimum Gasteiger partial charge on any atom is -0.490 e. The summed E-state index contributed by atoms with van der Waals surface area (Å²) in [6.45, 7) is 1.86. The number of ketones is 1. The molecule has 0 radical (unpaired) electrons. The van der Waals surface area contributed by atoms with Crippen molar-refractivity contribution >= 4 is 17.2 Å². The molecule has 0 aromatic heterocycles. The molecule has 3 rings (SSSR count). The predicted octanol–water partition coefficient (Wildman–Crippen LogP) is 3.63. The Morgan fingerprint density at radius 2 is 2.18 bits per heavy atom. The molecule has 1 fully saturated rings. The summed E-state index contributed by atoms with van der Waals surface area (Å²) in [7, 11) is 0. The number of hydrogen-bond donors (Lipinski definition) is 1. The van der Waals surface area contributed by atoms with Crippen molar-refractivity contribution in [2.45, 2.75) is 51.2 Å². The Labute approximate surface area is 130 Å². The van der Waals surface area contributed by atoms with Crippen LogP contribution in [0.3, 0.4) is 0 Å². The number of nitriles is 1. The molecule has 1 aromatic rings. The number of anilines is 1. The third kappa shape index (κ3) is 2.85. The Bertz CT molecular complexity index is 652. The minimum absolute atomic E-state index is 0.141. The highest BCUT2D eigenvalue weighted by atomic mass is 16.5. The second-order valence-corrected chi connectivity index (χ2v) is 5.87. The van der Waals surface area contributed by atoms with Crippen molar-refractivity contribution < 1.29 is 9.53 Å². The molecule has 1 N–H and O–H groups in total. The highest BCUT2D eigenvalue weighted by Crippen LogP contribution is 2.35. The fraction of sp³-hybridized carbons (Fsp3) is 0.444. The van der Waals surface area contributed by atoms with Crippen molar-refractivity contribution in [3.8, 4) is 6.07 Å². The van der Waals surface area contributed by atoms with E-state index in [1.807, 2.05) is 25.1 Å². The van der Waals surface area contributed by atoms with Crippen LogP contribution in [0.1, 0.15) is 50.2 Å². The van der Waals surface area contributed by atoms with Crippen LogP contribution in [0.15, 0.2) is 24.3 Å². The maximum Gasteiger partial charge on any atom is 0.158 e. The van der Waals surface area contributed by atoms with Crippen LogP contribution in [0.2, 0.25) is 0 Å². The van der Waals surface area contributed by atoms with E-state index in [2.05, 4.69) is 11.4 Å². The summed E-state index contributed by atoms with van der Waals surface area (Å²) in [6, 6.07) is 7.26. The number of ether oxygens (including phenoxy) is 1. The first-order valence-electron chi connectivity index (χ1n) is 7.93. The van der Waals surface area contributed by atoms with Gasteiger partial charge in [0.05, 0.1) is 17.7 Å². The van der Waals surface area contributed by atoms with Crippen LogP contribution in [0.4, 0.5) is 5.69 Å². The molecule has 1 unspecified atom stereocenters. The van der Waals surface area contributed by atoms with Gasteiger partial charge in [0.2, 0.25) is 0 Å². The summed E-state index contributed by atoms with van der Waals surface area (Å²) in [5, 5.41) is 12.3. The molecule has 0 bridgehead atoms. The van der Waals surface area contributed by atoms with Gasteiger partial charge in [-0.3, -0.25) is 4.79 Å². The molecule has 2 aliphatic rings. The van der Waals surface area contributed by atoms with Gasteiger partial charge in [-0.1, -0.05) is 6.92 Å². The van der Waals surface area contributed by atoms with E-state index in [0.29, 0.717) is 12.0 Å². The molecule has 0 saturated heterocycles. The average Bonchev–Trinajstić information content (AvgIpc) is 3.06. The lowest BCUT2D eigenvalue weighted by molar-refractivity contribution is -0.118. The molecule has 1 saturated carbocycles. The zero-order chi connectivity index (χ0) is 15.5. The van der Waals surface area contributed by atoms with E-state index in [9.17, 15) is 4.79 Å². The molecule has 1 atom stereocenters. The number of carbonyl (C=O) groups is 1. The van der Waals surface area contributed by atoms with Gasteiger partial charge in [0, 0.05) is 17.7 Å². The molecule has 22 heavy (non-hydrogen) atoms. The summed E-state index contributed by atoms with van der Waals surface area (Å²) in [5.74, 6) is 0.882. The minimum atomic E-state index is -0.346. The summed E-state index contributed by atoms with van der Waals surface area (Å²) >= 11 is 0. The maximum atomic E-state index is 12.1. The molecule has 0 spiro atoms. The van der Waals surface area contributed by atoms with Crippen molar-refractivity contribution in [2.75, 3.05) is 5.32 Å². The Kier molecular flexibility index (Phi) is 4.15. The van der Waals surface area contributed by atoms with E-state index in [0.717, 1.165) is 29.9 Å². The third-order valence-electron chi connectivity index (χ3n) is 4.33. The standard InChI is InChI=1S/C18H20N2O2/c1-2-17(21)16-10-18(22-13-5-3-4-6-13)14-9-12(11-19)7-8-15(14)20-16/h7-10,13,16,20H,2-6H2,1H3. The SMILES string of the molecule is CCC(=O)C1C=C(OC2CCCC2)c2cc(C#N)ccc2N1. The van der Waals surface area contributed by atoms with Gasteiger partial charge >= 0.3 is 0 Å². The highest BCUT2D eigenvalue weighted by Gasteiger charge is 2.27. The Hall–Kier alpha value is -2.28. The number of rotatable bonds is 4. The van der Waals surface area contributed by atoms with E-state index in [1.54, 1.807) is 6.07 Å². The van der Waals surface area contributed by atoms with Crippen molar-refractivity contribution in [3.63, 3.8) is 0 Å². The fourth-order valence-corrected chi connectivity index (χ4v) is 3.08. The molecule has 0 amide bonds. The lowest BCUT2D eigenvalue weighted by atomic mass is 9.98. The van der Waals surface area contributed by atoms with Crippen LogP contribution in [-0.4, -0.2) is 17.9 Å². The quantitative estimate of drug-likeness (QED) is 0.921. The largest absolute Gasteiger partial charge is 0.490 e. The van der Waals surface area contributed by atoms with Gasteiger partial charge in [-0.2, -0.15) is 5.26 Å². The van der Waals surface area contributed by atoms with Crippen LogP contribution in [-0.2, 0) is 9.53 Å². The number of hydrogen-bond acceptors (Lipinski definition) is 4. The summed E-state index contributed by atoms with van der Waals surface area (Å²) in [5.41, 5.74) is 2.34. The van der Waals surface area contributed by atoms with Crippen molar-refractivity contribution in [1.82, 2.24) is 0 Å². The summed E-state index contributed by atoms with van der Waals surface area (Å²) < 4.78 is 6.16. The van der Waals surface area contributed by atoms with Crippen LogP contribution in [0.5, 0.6) is 0 Å². The Morgan fingerprint density at radius 1 is 1.41 bits per heavy atom. The predicted molar refractivity (Wildman–Crippen MR) is 85.2 cm³/mol. The molecule has 1 aromatic carbocycles. The lowest BCUT2D eigenvalue weighted by Gasteiger charge is -2.27.